The van der Waals surface area contributed by atoms with Gasteiger partial charge in [-0.05, 0) is 26.0 Å². The molecular weight excluding hydrogens is 423 g/mol. The van der Waals surface area contributed by atoms with Crippen LogP contribution in [0.1, 0.15) is 58.3 Å². The van der Waals surface area contributed by atoms with Gasteiger partial charge in [0.1, 0.15) is 18.3 Å². The number of unbranched alkanes of at least 4 members (excludes halogenated alkanes) is 2. The first-order chi connectivity index (χ1) is 15.1. The Morgan fingerprint density at radius 3 is 2.68 bits per heavy atom. The summed E-state index contributed by atoms with van der Waals surface area (Å²) in [5, 5.41) is 5.01. The lowest BCUT2D eigenvalue weighted by molar-refractivity contribution is -0.0673. The van der Waals surface area contributed by atoms with E-state index in [1.54, 1.807) is 10.7 Å². The minimum atomic E-state index is -1.36. The van der Waals surface area contributed by atoms with E-state index in [1.165, 1.54) is 11.8 Å². The second-order valence-corrected chi connectivity index (χ2v) is 8.19. The summed E-state index contributed by atoms with van der Waals surface area (Å²) in [6.45, 7) is 7.90. The van der Waals surface area contributed by atoms with Crippen LogP contribution in [-0.2, 0) is 14.2 Å². The van der Waals surface area contributed by atoms with E-state index in [1.807, 2.05) is 13.2 Å². The minimum absolute atomic E-state index is 0.291. The third kappa shape index (κ3) is 5.66. The predicted octanol–water partition coefficient (Wildman–Crippen LogP) is 4.02. The van der Waals surface area contributed by atoms with Gasteiger partial charge in [-0.2, -0.15) is 4.98 Å². The van der Waals surface area contributed by atoms with Crippen LogP contribution in [0.2, 0.25) is 0 Å². The molecule has 4 atom stereocenters. The molecule has 0 aliphatic carbocycles. The summed E-state index contributed by atoms with van der Waals surface area (Å²) in [6.07, 6.45) is 3.89. The Kier molecular flexibility index (Phi) is 9.30. The molecule has 0 spiro atoms. The van der Waals surface area contributed by atoms with Crippen LogP contribution in [0.5, 0.6) is 5.88 Å². The molecule has 174 valence electrons. The molecule has 0 N–H and O–H groups in total. The van der Waals surface area contributed by atoms with E-state index in [0.717, 1.165) is 25.7 Å². The number of thioether (sulfide) groups is 1. The zero-order chi connectivity index (χ0) is 22.2. The second kappa shape index (κ2) is 11.9. The molecule has 0 saturated carbocycles. The van der Waals surface area contributed by atoms with Gasteiger partial charge in [0, 0.05) is 13.2 Å². The lowest BCUT2D eigenvalue weighted by Crippen LogP contribution is -2.34. The molecule has 1 saturated heterocycles. The standard InChI is InChI=1S/C21H33FN4O4S/c1-5-8-10-27-13-15-18(29-11-9-6-2)16(22)17(30-15)14-12-23-19-20(28-7-3)24-21(31-4)25-26(14)19/h12,15-18H,5-11,13H2,1-4H3/t15-,16+,17+,18-/m1/s1. The van der Waals surface area contributed by atoms with Gasteiger partial charge in [0.25, 0.3) is 5.88 Å². The summed E-state index contributed by atoms with van der Waals surface area (Å²) < 4.78 is 40.6. The first-order valence-corrected chi connectivity index (χ1v) is 12.3. The monoisotopic (exact) mass is 456 g/mol. The van der Waals surface area contributed by atoms with Gasteiger partial charge in [-0.1, -0.05) is 38.5 Å². The van der Waals surface area contributed by atoms with E-state index in [4.69, 9.17) is 18.9 Å². The summed E-state index contributed by atoms with van der Waals surface area (Å²) in [7, 11) is 0. The first kappa shape index (κ1) is 24.2. The molecular formula is C21H33FN4O4S. The maximum atomic E-state index is 15.6. The fourth-order valence-electron chi connectivity index (χ4n) is 3.46. The lowest BCUT2D eigenvalue weighted by Gasteiger charge is -2.20. The highest BCUT2D eigenvalue weighted by Crippen LogP contribution is 2.38. The third-order valence-corrected chi connectivity index (χ3v) is 5.65. The molecule has 3 heterocycles. The van der Waals surface area contributed by atoms with E-state index in [-0.39, 0.29) is 0 Å². The van der Waals surface area contributed by atoms with Crippen molar-refractivity contribution in [3.63, 3.8) is 0 Å². The smallest absolute Gasteiger partial charge is 0.262 e. The van der Waals surface area contributed by atoms with E-state index in [2.05, 4.69) is 28.9 Å². The van der Waals surface area contributed by atoms with Crippen LogP contribution >= 0.6 is 11.8 Å². The molecule has 31 heavy (non-hydrogen) atoms. The number of fused-ring (bicyclic) bond motifs is 1. The van der Waals surface area contributed by atoms with Crippen LogP contribution in [0, 0.1) is 0 Å². The highest BCUT2D eigenvalue weighted by Gasteiger charge is 2.48. The zero-order valence-corrected chi connectivity index (χ0v) is 19.6. The Morgan fingerprint density at radius 1 is 1.19 bits per heavy atom. The number of alkyl halides is 1. The Hall–Kier alpha value is -1.49. The Labute approximate surface area is 187 Å². The van der Waals surface area contributed by atoms with Gasteiger partial charge >= 0.3 is 0 Å². The molecule has 0 bridgehead atoms. The van der Waals surface area contributed by atoms with Crippen molar-refractivity contribution in [1.29, 1.82) is 0 Å². The predicted molar refractivity (Wildman–Crippen MR) is 117 cm³/mol. The molecule has 1 aliphatic heterocycles. The summed E-state index contributed by atoms with van der Waals surface area (Å²) in [5.41, 5.74) is 0.956. The van der Waals surface area contributed by atoms with Gasteiger partial charge in [0.2, 0.25) is 10.8 Å². The maximum Gasteiger partial charge on any atom is 0.262 e. The van der Waals surface area contributed by atoms with Crippen molar-refractivity contribution in [3.8, 4) is 5.88 Å². The van der Waals surface area contributed by atoms with Gasteiger partial charge in [-0.25, -0.2) is 13.9 Å². The van der Waals surface area contributed by atoms with E-state index < -0.39 is 24.5 Å². The summed E-state index contributed by atoms with van der Waals surface area (Å²) in [6, 6.07) is 0. The molecule has 0 amide bonds. The highest BCUT2D eigenvalue weighted by molar-refractivity contribution is 7.98. The van der Waals surface area contributed by atoms with Crippen molar-refractivity contribution in [2.24, 2.45) is 0 Å². The number of hydrogen-bond donors (Lipinski definition) is 0. The van der Waals surface area contributed by atoms with Crippen LogP contribution in [0.4, 0.5) is 4.39 Å². The van der Waals surface area contributed by atoms with Crippen LogP contribution in [0.15, 0.2) is 11.4 Å². The topological polar surface area (TPSA) is 80.0 Å². The van der Waals surface area contributed by atoms with E-state index in [9.17, 15) is 0 Å². The fourth-order valence-corrected chi connectivity index (χ4v) is 3.80. The Bertz CT molecular complexity index is 824. The van der Waals surface area contributed by atoms with Crippen LogP contribution in [0.3, 0.4) is 0 Å². The van der Waals surface area contributed by atoms with Crippen molar-refractivity contribution in [2.45, 2.75) is 76.1 Å². The summed E-state index contributed by atoms with van der Waals surface area (Å²) in [5.74, 6) is 0.372. The molecule has 1 fully saturated rings. The van der Waals surface area contributed by atoms with Gasteiger partial charge in [-0.15, -0.1) is 5.10 Å². The quantitative estimate of drug-likeness (QED) is 0.330. The number of hydrogen-bond acceptors (Lipinski definition) is 8. The van der Waals surface area contributed by atoms with Gasteiger partial charge < -0.3 is 18.9 Å². The molecule has 0 unspecified atom stereocenters. The Balaban J connectivity index is 1.86. The van der Waals surface area contributed by atoms with Crippen LogP contribution in [-0.4, -0.2) is 70.6 Å². The number of aromatic nitrogens is 4. The molecule has 8 nitrogen and oxygen atoms in total. The number of rotatable bonds is 13. The van der Waals surface area contributed by atoms with Crippen LogP contribution in [0.25, 0.3) is 5.65 Å². The average molecular weight is 457 g/mol. The van der Waals surface area contributed by atoms with Crippen LogP contribution < -0.4 is 4.74 Å². The zero-order valence-electron chi connectivity index (χ0n) is 18.8. The molecule has 1 aliphatic rings. The Morgan fingerprint density at radius 2 is 1.97 bits per heavy atom. The normalized spacial score (nSPS) is 23.6. The summed E-state index contributed by atoms with van der Waals surface area (Å²) in [4.78, 5) is 8.76. The van der Waals surface area contributed by atoms with Crippen molar-refractivity contribution in [2.75, 3.05) is 32.7 Å². The highest BCUT2D eigenvalue weighted by atomic mass is 32.2. The van der Waals surface area contributed by atoms with Gasteiger partial charge in [0.05, 0.1) is 25.1 Å². The fraction of sp³-hybridized carbons (Fsp3) is 0.762. The molecule has 10 heteroatoms. The number of imidazole rings is 1. The van der Waals surface area contributed by atoms with Crippen molar-refractivity contribution >= 4 is 17.4 Å². The second-order valence-electron chi connectivity index (χ2n) is 7.41. The van der Waals surface area contributed by atoms with Gasteiger partial charge in [0.15, 0.2) is 6.17 Å². The number of ether oxygens (including phenoxy) is 4. The third-order valence-electron chi connectivity index (χ3n) is 5.12. The lowest BCUT2D eigenvalue weighted by atomic mass is 10.1. The minimum Gasteiger partial charge on any atom is -0.475 e. The van der Waals surface area contributed by atoms with E-state index >= 15 is 4.39 Å². The molecule has 3 rings (SSSR count). The number of nitrogens with zero attached hydrogens (tertiary/aromatic N) is 4. The van der Waals surface area contributed by atoms with E-state index in [0.29, 0.717) is 48.8 Å². The van der Waals surface area contributed by atoms with Crippen molar-refractivity contribution in [1.82, 2.24) is 19.6 Å². The largest absolute Gasteiger partial charge is 0.475 e. The molecule has 0 radical (unpaired) electrons. The maximum absolute atomic E-state index is 15.6. The van der Waals surface area contributed by atoms with Gasteiger partial charge in [-0.3, -0.25) is 0 Å². The molecule has 2 aromatic rings. The molecule has 2 aromatic heterocycles. The van der Waals surface area contributed by atoms with Crippen molar-refractivity contribution < 1.29 is 23.3 Å². The number of halogens is 1. The molecule has 0 aromatic carbocycles. The van der Waals surface area contributed by atoms with Crippen molar-refractivity contribution in [3.05, 3.63) is 11.9 Å². The first-order valence-electron chi connectivity index (χ1n) is 11.1. The average Bonchev–Trinajstić information content (AvgIpc) is 3.33. The SMILES string of the molecule is CCCCOC[C@H]1O[C@@H](c2cnc3c(OCC)nc(SC)nn23)[C@H](F)[C@@H]1OCCCC. The summed E-state index contributed by atoms with van der Waals surface area (Å²) >= 11 is 1.38.